The molecule has 3 rings (SSSR count). The largest absolute Gasteiger partial charge is 0.452 e. The van der Waals surface area contributed by atoms with Crippen molar-refractivity contribution in [1.29, 1.82) is 0 Å². The number of hydrogen-bond donors (Lipinski definition) is 0. The van der Waals surface area contributed by atoms with Gasteiger partial charge in [-0.3, -0.25) is 0 Å². The van der Waals surface area contributed by atoms with Crippen LogP contribution in [0.3, 0.4) is 0 Å². The first kappa shape index (κ1) is 16.9. The molecule has 0 saturated heterocycles. The lowest BCUT2D eigenvalue weighted by atomic mass is 10.2. The standard InChI is InChI=1S/C18H12ClFN2O3/c19-15-7-2-1-6-14(15)18-21-16(25-22-18)11-24-17(23)9-8-12-4-3-5-13(20)10-12/h1-10H,11H2/b9-8+. The van der Waals surface area contributed by atoms with Gasteiger partial charge in [-0.1, -0.05) is 41.0 Å². The third kappa shape index (κ3) is 4.51. The van der Waals surface area contributed by atoms with E-state index in [0.717, 1.165) is 0 Å². The van der Waals surface area contributed by atoms with Gasteiger partial charge in [0.25, 0.3) is 5.89 Å². The van der Waals surface area contributed by atoms with Gasteiger partial charge in [0.2, 0.25) is 5.82 Å². The van der Waals surface area contributed by atoms with Crippen LogP contribution >= 0.6 is 11.6 Å². The zero-order valence-electron chi connectivity index (χ0n) is 12.9. The molecule has 0 saturated carbocycles. The molecule has 0 radical (unpaired) electrons. The van der Waals surface area contributed by atoms with Crippen LogP contribution in [0.2, 0.25) is 5.02 Å². The zero-order chi connectivity index (χ0) is 17.6. The third-order valence-electron chi connectivity index (χ3n) is 3.18. The van der Waals surface area contributed by atoms with Crippen molar-refractivity contribution < 1.29 is 18.4 Å². The molecule has 0 aliphatic heterocycles. The van der Waals surface area contributed by atoms with Crippen LogP contribution in [0.15, 0.2) is 59.1 Å². The van der Waals surface area contributed by atoms with Gasteiger partial charge in [0.1, 0.15) is 5.82 Å². The molecule has 0 bridgehead atoms. The monoisotopic (exact) mass is 358 g/mol. The van der Waals surface area contributed by atoms with Crippen molar-refractivity contribution in [3.05, 3.63) is 76.9 Å². The van der Waals surface area contributed by atoms with E-state index in [1.54, 1.807) is 36.4 Å². The quantitative estimate of drug-likeness (QED) is 0.503. The van der Waals surface area contributed by atoms with Crippen molar-refractivity contribution in [3.63, 3.8) is 0 Å². The maximum absolute atomic E-state index is 13.0. The van der Waals surface area contributed by atoms with Crippen LogP contribution in [0, 0.1) is 5.82 Å². The van der Waals surface area contributed by atoms with Crippen molar-refractivity contribution in [3.8, 4) is 11.4 Å². The van der Waals surface area contributed by atoms with Gasteiger partial charge < -0.3 is 9.26 Å². The lowest BCUT2D eigenvalue weighted by Gasteiger charge is -1.97. The van der Waals surface area contributed by atoms with Gasteiger partial charge >= 0.3 is 5.97 Å². The van der Waals surface area contributed by atoms with Gasteiger partial charge in [0.05, 0.1) is 5.02 Å². The Balaban J connectivity index is 1.59. The third-order valence-corrected chi connectivity index (χ3v) is 3.51. The molecule has 2 aromatic carbocycles. The molecule has 1 aromatic heterocycles. The molecule has 7 heteroatoms. The normalized spacial score (nSPS) is 11.0. The van der Waals surface area contributed by atoms with Gasteiger partial charge in [-0.05, 0) is 35.9 Å². The summed E-state index contributed by atoms with van der Waals surface area (Å²) >= 11 is 6.06. The maximum Gasteiger partial charge on any atom is 0.331 e. The van der Waals surface area contributed by atoms with E-state index in [0.29, 0.717) is 22.0 Å². The number of benzene rings is 2. The summed E-state index contributed by atoms with van der Waals surface area (Å²) in [6.07, 6.45) is 2.65. The summed E-state index contributed by atoms with van der Waals surface area (Å²) in [5, 5.41) is 4.30. The van der Waals surface area contributed by atoms with Crippen LogP contribution in [0.1, 0.15) is 11.5 Å². The maximum atomic E-state index is 13.0. The predicted molar refractivity (Wildman–Crippen MR) is 90.0 cm³/mol. The first-order valence-electron chi connectivity index (χ1n) is 7.30. The average Bonchev–Trinajstić information content (AvgIpc) is 3.07. The predicted octanol–water partition coefficient (Wildman–Crippen LogP) is 4.29. The molecule has 25 heavy (non-hydrogen) atoms. The lowest BCUT2D eigenvalue weighted by molar-refractivity contribution is -0.139. The highest BCUT2D eigenvalue weighted by Gasteiger charge is 2.12. The lowest BCUT2D eigenvalue weighted by Crippen LogP contribution is -2.01. The summed E-state index contributed by atoms with van der Waals surface area (Å²) in [5.41, 5.74) is 1.17. The molecule has 0 fully saturated rings. The molecule has 0 atom stereocenters. The molecule has 0 aliphatic carbocycles. The molecule has 0 spiro atoms. The van der Waals surface area contributed by atoms with Crippen molar-refractivity contribution in [2.45, 2.75) is 6.61 Å². The number of rotatable bonds is 5. The zero-order valence-corrected chi connectivity index (χ0v) is 13.6. The minimum Gasteiger partial charge on any atom is -0.452 e. The van der Waals surface area contributed by atoms with Crippen LogP contribution < -0.4 is 0 Å². The Kier molecular flexibility index (Phi) is 5.20. The summed E-state index contributed by atoms with van der Waals surface area (Å²) in [4.78, 5) is 15.8. The number of carbonyl (C=O) groups is 1. The molecular weight excluding hydrogens is 347 g/mol. The molecule has 3 aromatic rings. The van der Waals surface area contributed by atoms with E-state index in [1.165, 1.54) is 24.3 Å². The highest BCUT2D eigenvalue weighted by atomic mass is 35.5. The first-order valence-corrected chi connectivity index (χ1v) is 7.67. The highest BCUT2D eigenvalue weighted by Crippen LogP contribution is 2.24. The number of ether oxygens (including phenoxy) is 1. The number of nitrogens with zero attached hydrogens (tertiary/aromatic N) is 2. The van der Waals surface area contributed by atoms with Crippen LogP contribution in [-0.4, -0.2) is 16.1 Å². The molecule has 0 unspecified atom stereocenters. The Morgan fingerprint density at radius 2 is 2.08 bits per heavy atom. The van der Waals surface area contributed by atoms with Gasteiger partial charge in [0, 0.05) is 11.6 Å². The molecule has 0 aliphatic rings. The SMILES string of the molecule is O=C(/C=C/c1cccc(F)c1)OCc1nc(-c2ccccc2Cl)no1. The number of carbonyl (C=O) groups excluding carboxylic acids is 1. The number of esters is 1. The minimum absolute atomic E-state index is 0.141. The Hall–Kier alpha value is -2.99. The summed E-state index contributed by atoms with van der Waals surface area (Å²) in [7, 11) is 0. The van der Waals surface area contributed by atoms with E-state index in [2.05, 4.69) is 10.1 Å². The first-order chi connectivity index (χ1) is 12.1. The van der Waals surface area contributed by atoms with Crippen molar-refractivity contribution in [1.82, 2.24) is 10.1 Å². The molecule has 5 nitrogen and oxygen atoms in total. The van der Waals surface area contributed by atoms with Crippen LogP contribution in [0.25, 0.3) is 17.5 Å². The smallest absolute Gasteiger partial charge is 0.331 e. The fourth-order valence-electron chi connectivity index (χ4n) is 2.02. The van der Waals surface area contributed by atoms with E-state index < -0.39 is 5.97 Å². The second-order valence-electron chi connectivity index (χ2n) is 4.99. The van der Waals surface area contributed by atoms with E-state index in [4.69, 9.17) is 20.9 Å². The van der Waals surface area contributed by atoms with Crippen molar-refractivity contribution >= 4 is 23.6 Å². The number of aromatic nitrogens is 2. The Labute approximate surface area is 147 Å². The van der Waals surface area contributed by atoms with Crippen LogP contribution in [0.4, 0.5) is 4.39 Å². The van der Waals surface area contributed by atoms with Crippen molar-refractivity contribution in [2.75, 3.05) is 0 Å². The van der Waals surface area contributed by atoms with E-state index in [9.17, 15) is 9.18 Å². The van der Waals surface area contributed by atoms with Crippen molar-refractivity contribution in [2.24, 2.45) is 0 Å². The summed E-state index contributed by atoms with van der Waals surface area (Å²) in [6.45, 7) is -0.177. The average molecular weight is 359 g/mol. The minimum atomic E-state index is -0.609. The summed E-state index contributed by atoms with van der Waals surface area (Å²) < 4.78 is 23.1. The van der Waals surface area contributed by atoms with Gasteiger partial charge in [-0.25, -0.2) is 9.18 Å². The molecule has 1 heterocycles. The fourth-order valence-corrected chi connectivity index (χ4v) is 2.24. The molecular formula is C18H12ClFN2O3. The second kappa shape index (κ2) is 7.72. The van der Waals surface area contributed by atoms with E-state index in [1.807, 2.05) is 0 Å². The Morgan fingerprint density at radius 3 is 2.88 bits per heavy atom. The van der Waals surface area contributed by atoms with Gasteiger partial charge in [-0.2, -0.15) is 4.98 Å². The highest BCUT2D eigenvalue weighted by molar-refractivity contribution is 6.33. The Bertz CT molecular complexity index is 924. The fraction of sp³-hybridized carbons (Fsp3) is 0.0556. The topological polar surface area (TPSA) is 65.2 Å². The molecule has 0 amide bonds. The van der Waals surface area contributed by atoms with Crippen LogP contribution in [-0.2, 0) is 16.1 Å². The van der Waals surface area contributed by atoms with Gasteiger partial charge in [-0.15, -0.1) is 0 Å². The molecule has 126 valence electrons. The second-order valence-corrected chi connectivity index (χ2v) is 5.39. The summed E-state index contributed by atoms with van der Waals surface area (Å²) in [6, 6.07) is 12.9. The summed E-state index contributed by atoms with van der Waals surface area (Å²) in [5.74, 6) is -0.537. The van der Waals surface area contributed by atoms with Crippen LogP contribution in [0.5, 0.6) is 0 Å². The molecule has 0 N–H and O–H groups in total. The Morgan fingerprint density at radius 1 is 1.24 bits per heavy atom. The van der Waals surface area contributed by atoms with E-state index >= 15 is 0 Å². The van der Waals surface area contributed by atoms with E-state index in [-0.39, 0.29) is 18.3 Å². The number of hydrogen-bond acceptors (Lipinski definition) is 5. The van der Waals surface area contributed by atoms with Gasteiger partial charge in [0.15, 0.2) is 6.61 Å². The number of halogens is 2.